The minimum Gasteiger partial charge on any atom is -0.354 e. The fourth-order valence-corrected chi connectivity index (χ4v) is 4.60. The van der Waals surface area contributed by atoms with E-state index in [0.717, 1.165) is 0 Å². The van der Waals surface area contributed by atoms with Crippen molar-refractivity contribution in [1.82, 2.24) is 15.3 Å². The van der Waals surface area contributed by atoms with E-state index >= 15 is 0 Å². The average molecular weight is 448 g/mol. The summed E-state index contributed by atoms with van der Waals surface area (Å²) in [5.41, 5.74) is -4.58. The zero-order chi connectivity index (χ0) is 22.6. The second-order valence-corrected chi connectivity index (χ2v) is 7.95. The molecule has 1 fully saturated rings. The van der Waals surface area contributed by atoms with Crippen LogP contribution in [0.5, 0.6) is 0 Å². The molecule has 11 heteroatoms. The van der Waals surface area contributed by atoms with E-state index in [0.29, 0.717) is 50.4 Å². The molecule has 4 nitrogen and oxygen atoms in total. The van der Waals surface area contributed by atoms with Gasteiger partial charge in [-0.25, -0.2) is 27.5 Å². The maximum Gasteiger partial charge on any atom is 0.422 e. The Morgan fingerprint density at radius 1 is 0.968 bits per heavy atom. The van der Waals surface area contributed by atoms with E-state index in [1.165, 1.54) is 13.3 Å². The number of fused-ring (bicyclic) bond motifs is 1. The van der Waals surface area contributed by atoms with Gasteiger partial charge < -0.3 is 10.2 Å². The highest BCUT2D eigenvalue weighted by Crippen LogP contribution is 2.47. The van der Waals surface area contributed by atoms with Crippen molar-refractivity contribution in [1.29, 1.82) is 0 Å². The van der Waals surface area contributed by atoms with Gasteiger partial charge in [0.1, 0.15) is 17.7 Å². The van der Waals surface area contributed by atoms with Crippen molar-refractivity contribution in [3.05, 3.63) is 52.0 Å². The van der Waals surface area contributed by atoms with Crippen LogP contribution in [0.1, 0.15) is 42.1 Å². The Kier molecular flexibility index (Phi) is 5.35. The SMILES string of the molecule is CC1(c2c(F)c(F)c(C(F)(F)F)c(F)c2F)CCCc2c(N3CCNCC3)ncnc21. The first-order valence-corrected chi connectivity index (χ1v) is 9.81. The molecule has 1 unspecified atom stereocenters. The molecule has 4 rings (SSSR count). The lowest BCUT2D eigenvalue weighted by atomic mass is 9.69. The van der Waals surface area contributed by atoms with E-state index in [1.54, 1.807) is 0 Å². The number of hydrogen-bond acceptors (Lipinski definition) is 4. The number of piperazine rings is 1. The Morgan fingerprint density at radius 3 is 2.16 bits per heavy atom. The second-order valence-electron chi connectivity index (χ2n) is 7.95. The van der Waals surface area contributed by atoms with Gasteiger partial charge in [-0.05, 0) is 26.2 Å². The molecule has 1 N–H and O–H groups in total. The van der Waals surface area contributed by atoms with E-state index in [-0.39, 0.29) is 12.1 Å². The molecule has 2 aliphatic rings. The van der Waals surface area contributed by atoms with Crippen molar-refractivity contribution in [2.75, 3.05) is 31.1 Å². The molecule has 1 aliphatic heterocycles. The first-order chi connectivity index (χ1) is 14.6. The van der Waals surface area contributed by atoms with Gasteiger partial charge >= 0.3 is 6.18 Å². The summed E-state index contributed by atoms with van der Waals surface area (Å²) in [4.78, 5) is 10.4. The van der Waals surface area contributed by atoms with Gasteiger partial charge in [0.05, 0.1) is 5.69 Å². The monoisotopic (exact) mass is 448 g/mol. The van der Waals surface area contributed by atoms with Gasteiger partial charge in [0, 0.05) is 42.7 Å². The summed E-state index contributed by atoms with van der Waals surface area (Å²) < 4.78 is 97.4. The minimum atomic E-state index is -5.59. The van der Waals surface area contributed by atoms with Gasteiger partial charge in [-0.1, -0.05) is 0 Å². The van der Waals surface area contributed by atoms with Crippen LogP contribution in [0, 0.1) is 23.3 Å². The van der Waals surface area contributed by atoms with E-state index in [9.17, 15) is 30.7 Å². The molecule has 2 aromatic rings. The lowest BCUT2D eigenvalue weighted by Gasteiger charge is -2.38. The Balaban J connectivity index is 1.92. The van der Waals surface area contributed by atoms with Crippen LogP contribution in [-0.2, 0) is 18.0 Å². The first-order valence-electron chi connectivity index (χ1n) is 9.81. The van der Waals surface area contributed by atoms with Crippen LogP contribution < -0.4 is 10.2 Å². The van der Waals surface area contributed by atoms with Crippen LogP contribution >= 0.6 is 0 Å². The number of nitrogens with zero attached hydrogens (tertiary/aromatic N) is 3. The molecule has 1 aromatic heterocycles. The van der Waals surface area contributed by atoms with Gasteiger partial charge in [0.15, 0.2) is 23.3 Å². The van der Waals surface area contributed by atoms with Crippen LogP contribution in [0.25, 0.3) is 0 Å². The largest absolute Gasteiger partial charge is 0.422 e. The van der Waals surface area contributed by atoms with Crippen molar-refractivity contribution in [3.63, 3.8) is 0 Å². The molecule has 1 saturated heterocycles. The van der Waals surface area contributed by atoms with Crippen LogP contribution in [0.4, 0.5) is 36.6 Å². The summed E-state index contributed by atoms with van der Waals surface area (Å²) in [6.45, 7) is 4.01. The normalized spacial score (nSPS) is 21.9. The maximum absolute atomic E-state index is 14.9. The predicted octanol–water partition coefficient (Wildman–Crippen LogP) is 4.10. The van der Waals surface area contributed by atoms with Crippen LogP contribution in [0.2, 0.25) is 0 Å². The number of benzene rings is 1. The lowest BCUT2D eigenvalue weighted by molar-refractivity contribution is -0.143. The van der Waals surface area contributed by atoms with E-state index in [2.05, 4.69) is 15.3 Å². The first kappa shape index (κ1) is 21.8. The molecule has 2 heterocycles. The van der Waals surface area contributed by atoms with Crippen molar-refractivity contribution >= 4 is 5.82 Å². The average Bonchev–Trinajstić information content (AvgIpc) is 2.72. The molecule has 0 spiro atoms. The molecule has 0 radical (unpaired) electrons. The van der Waals surface area contributed by atoms with Crippen LogP contribution in [0.3, 0.4) is 0 Å². The summed E-state index contributed by atoms with van der Waals surface area (Å²) in [6, 6.07) is 0. The number of alkyl halides is 3. The molecule has 1 aromatic carbocycles. The molecular weight excluding hydrogens is 429 g/mol. The lowest BCUT2D eigenvalue weighted by Crippen LogP contribution is -2.45. The maximum atomic E-state index is 14.9. The number of nitrogens with one attached hydrogen (secondary N) is 1. The molecule has 1 atom stereocenters. The van der Waals surface area contributed by atoms with Gasteiger partial charge in [0.2, 0.25) is 0 Å². The minimum absolute atomic E-state index is 0.0517. The zero-order valence-corrected chi connectivity index (χ0v) is 16.5. The van der Waals surface area contributed by atoms with Crippen molar-refractivity contribution in [3.8, 4) is 0 Å². The fraction of sp³-hybridized carbons (Fsp3) is 0.500. The highest BCUT2D eigenvalue weighted by Gasteiger charge is 2.48. The summed E-state index contributed by atoms with van der Waals surface area (Å²) >= 11 is 0. The van der Waals surface area contributed by atoms with Gasteiger partial charge in [-0.3, -0.25) is 0 Å². The third-order valence-corrected chi connectivity index (χ3v) is 6.06. The smallest absolute Gasteiger partial charge is 0.354 e. The van der Waals surface area contributed by atoms with Crippen LogP contribution in [0.15, 0.2) is 6.33 Å². The highest BCUT2D eigenvalue weighted by molar-refractivity contribution is 5.55. The number of aromatic nitrogens is 2. The van der Waals surface area contributed by atoms with Gasteiger partial charge in [0.25, 0.3) is 0 Å². The number of hydrogen-bond donors (Lipinski definition) is 1. The molecule has 168 valence electrons. The number of halogens is 7. The number of rotatable bonds is 2. The fourth-order valence-electron chi connectivity index (χ4n) is 4.60. The predicted molar refractivity (Wildman–Crippen MR) is 97.8 cm³/mol. The van der Waals surface area contributed by atoms with Gasteiger partial charge in [-0.2, -0.15) is 13.2 Å². The molecule has 31 heavy (non-hydrogen) atoms. The third kappa shape index (κ3) is 3.42. The summed E-state index contributed by atoms with van der Waals surface area (Å²) in [7, 11) is 0. The molecule has 0 bridgehead atoms. The van der Waals surface area contributed by atoms with Crippen molar-refractivity contribution < 1.29 is 30.7 Å². The molecule has 1 aliphatic carbocycles. The van der Waals surface area contributed by atoms with E-state index in [4.69, 9.17) is 0 Å². The summed E-state index contributed by atoms with van der Waals surface area (Å²) in [6.07, 6.45) is -3.47. The third-order valence-electron chi connectivity index (χ3n) is 6.06. The number of anilines is 1. The van der Waals surface area contributed by atoms with E-state index < -0.39 is 46.0 Å². The Labute approximate surface area is 173 Å². The molecule has 0 amide bonds. The second kappa shape index (κ2) is 7.61. The van der Waals surface area contributed by atoms with Crippen LogP contribution in [-0.4, -0.2) is 36.1 Å². The van der Waals surface area contributed by atoms with E-state index in [1.807, 2.05) is 4.90 Å². The van der Waals surface area contributed by atoms with Crippen molar-refractivity contribution in [2.24, 2.45) is 0 Å². The Hall–Kier alpha value is -2.43. The zero-order valence-electron chi connectivity index (χ0n) is 16.5. The molecule has 0 saturated carbocycles. The topological polar surface area (TPSA) is 41.0 Å². The quantitative estimate of drug-likeness (QED) is 0.555. The highest BCUT2D eigenvalue weighted by atomic mass is 19.4. The Bertz CT molecular complexity index is 989. The standard InChI is InChI=1S/C20H19F7N4/c1-19(11-13(21)15(23)12(20(25,26)27)16(24)14(11)22)4-2-3-10-17(19)29-9-30-18(10)31-7-5-28-6-8-31/h9,28H,2-8H2,1H3. The Morgan fingerprint density at radius 2 is 1.58 bits per heavy atom. The van der Waals surface area contributed by atoms with Gasteiger partial charge in [-0.15, -0.1) is 0 Å². The van der Waals surface area contributed by atoms with Crippen molar-refractivity contribution in [2.45, 2.75) is 37.8 Å². The summed E-state index contributed by atoms with van der Waals surface area (Å²) in [5, 5.41) is 3.19. The molecular formula is C20H19F7N4. The summed E-state index contributed by atoms with van der Waals surface area (Å²) in [5.74, 6) is -8.45.